The Morgan fingerprint density at radius 1 is 1.38 bits per heavy atom. The van der Waals surface area contributed by atoms with Crippen molar-refractivity contribution in [1.29, 1.82) is 0 Å². The number of benzene rings is 1. The third kappa shape index (κ3) is 7.56. The maximum absolute atomic E-state index is 13.8. The summed E-state index contributed by atoms with van der Waals surface area (Å²) in [6.07, 6.45) is 3.93. The van der Waals surface area contributed by atoms with Crippen LogP contribution < -0.4 is 5.32 Å². The lowest BCUT2D eigenvalue weighted by Gasteiger charge is -2.26. The minimum Gasteiger partial charge on any atom is -0.381 e. The van der Waals surface area contributed by atoms with Crippen molar-refractivity contribution in [2.24, 2.45) is 10.9 Å². The zero-order chi connectivity index (χ0) is 18.1. The molecule has 148 valence electrons. The standard InChI is InChI=1S/C19H29ClFN3O.HI/c1-3-22-19(24(2)12-8-15-9-13-25-14-10-15)23-11-7-16-17(20)5-4-6-18(16)21;/h4-6,15H,3,7-14H2,1-2H3,(H,22,23);1H. The summed E-state index contributed by atoms with van der Waals surface area (Å²) < 4.78 is 19.3. The van der Waals surface area contributed by atoms with Gasteiger partial charge in [-0.05, 0) is 50.7 Å². The Balaban J connectivity index is 0.00000338. The molecule has 0 spiro atoms. The van der Waals surface area contributed by atoms with Gasteiger partial charge in [-0.25, -0.2) is 4.39 Å². The zero-order valence-corrected chi connectivity index (χ0v) is 18.7. The van der Waals surface area contributed by atoms with Gasteiger partial charge in [0.05, 0.1) is 0 Å². The lowest BCUT2D eigenvalue weighted by atomic mass is 9.96. The van der Waals surface area contributed by atoms with Crippen LogP contribution in [0.15, 0.2) is 23.2 Å². The van der Waals surface area contributed by atoms with Crippen molar-refractivity contribution >= 4 is 41.5 Å². The molecule has 2 rings (SSSR count). The molecule has 1 aliphatic heterocycles. The predicted molar refractivity (Wildman–Crippen MR) is 117 cm³/mol. The van der Waals surface area contributed by atoms with Gasteiger partial charge in [-0.2, -0.15) is 0 Å². The van der Waals surface area contributed by atoms with E-state index in [0.717, 1.165) is 57.4 Å². The molecule has 1 saturated heterocycles. The lowest BCUT2D eigenvalue weighted by molar-refractivity contribution is 0.0625. The smallest absolute Gasteiger partial charge is 0.193 e. The second kappa shape index (κ2) is 12.7. The van der Waals surface area contributed by atoms with E-state index in [9.17, 15) is 4.39 Å². The fraction of sp³-hybridized carbons (Fsp3) is 0.632. The number of nitrogens with zero attached hydrogens (tertiary/aromatic N) is 2. The average Bonchev–Trinajstić information content (AvgIpc) is 2.62. The van der Waals surface area contributed by atoms with Crippen molar-refractivity contribution in [1.82, 2.24) is 10.2 Å². The van der Waals surface area contributed by atoms with Gasteiger partial charge in [0, 0.05) is 50.5 Å². The summed E-state index contributed by atoms with van der Waals surface area (Å²) in [6, 6.07) is 4.78. The molecular formula is C19H30ClFIN3O. The molecule has 1 aromatic rings. The second-order valence-corrected chi connectivity index (χ2v) is 6.86. The highest BCUT2D eigenvalue weighted by molar-refractivity contribution is 14.0. The summed E-state index contributed by atoms with van der Waals surface area (Å²) >= 11 is 6.08. The number of ether oxygens (including phenoxy) is 1. The van der Waals surface area contributed by atoms with E-state index in [4.69, 9.17) is 16.3 Å². The Morgan fingerprint density at radius 2 is 2.12 bits per heavy atom. The van der Waals surface area contributed by atoms with Crippen molar-refractivity contribution in [2.75, 3.05) is 39.9 Å². The Morgan fingerprint density at radius 3 is 2.77 bits per heavy atom. The van der Waals surface area contributed by atoms with Crippen molar-refractivity contribution in [2.45, 2.75) is 32.6 Å². The normalized spacial score (nSPS) is 15.5. The first-order valence-electron chi connectivity index (χ1n) is 9.12. The van der Waals surface area contributed by atoms with E-state index >= 15 is 0 Å². The molecule has 0 amide bonds. The minimum atomic E-state index is -0.263. The number of guanidine groups is 1. The van der Waals surface area contributed by atoms with E-state index < -0.39 is 0 Å². The van der Waals surface area contributed by atoms with E-state index in [2.05, 4.69) is 29.2 Å². The van der Waals surface area contributed by atoms with Crippen LogP contribution in [0, 0.1) is 11.7 Å². The number of halogens is 3. The molecule has 0 atom stereocenters. The Bertz CT molecular complexity index is 547. The number of nitrogens with one attached hydrogen (secondary N) is 1. The van der Waals surface area contributed by atoms with Crippen LogP contribution in [0.4, 0.5) is 4.39 Å². The van der Waals surface area contributed by atoms with Crippen molar-refractivity contribution < 1.29 is 9.13 Å². The molecule has 0 aromatic heterocycles. The Hall–Kier alpha value is -0.600. The van der Waals surface area contributed by atoms with Crippen LogP contribution in [0.25, 0.3) is 0 Å². The van der Waals surface area contributed by atoms with E-state index in [1.807, 2.05) is 0 Å². The van der Waals surface area contributed by atoms with Crippen LogP contribution in [-0.2, 0) is 11.2 Å². The van der Waals surface area contributed by atoms with Crippen molar-refractivity contribution in [3.63, 3.8) is 0 Å². The number of hydrogen-bond donors (Lipinski definition) is 1. The van der Waals surface area contributed by atoms with Gasteiger partial charge in [0.1, 0.15) is 5.82 Å². The molecule has 0 saturated carbocycles. The van der Waals surface area contributed by atoms with Crippen LogP contribution in [0.2, 0.25) is 5.02 Å². The highest BCUT2D eigenvalue weighted by Crippen LogP contribution is 2.20. The summed E-state index contributed by atoms with van der Waals surface area (Å²) in [5, 5.41) is 3.78. The molecule has 1 N–H and O–H groups in total. The number of rotatable bonds is 7. The molecule has 7 heteroatoms. The summed E-state index contributed by atoms with van der Waals surface area (Å²) in [5.74, 6) is 1.33. The Kier molecular flexibility index (Phi) is 11.5. The minimum absolute atomic E-state index is 0. The van der Waals surface area contributed by atoms with Gasteiger partial charge in [-0.1, -0.05) is 17.7 Å². The highest BCUT2D eigenvalue weighted by atomic mass is 127. The van der Waals surface area contributed by atoms with Crippen molar-refractivity contribution in [3.8, 4) is 0 Å². The summed E-state index contributed by atoms with van der Waals surface area (Å²) in [7, 11) is 2.05. The first kappa shape index (κ1) is 23.4. The highest BCUT2D eigenvalue weighted by Gasteiger charge is 2.15. The van der Waals surface area contributed by atoms with Gasteiger partial charge in [0.2, 0.25) is 0 Å². The van der Waals surface area contributed by atoms with Crippen LogP contribution in [0.3, 0.4) is 0 Å². The first-order chi connectivity index (χ1) is 12.1. The van der Waals surface area contributed by atoms with Gasteiger partial charge in [0.25, 0.3) is 0 Å². The van der Waals surface area contributed by atoms with E-state index in [-0.39, 0.29) is 29.8 Å². The molecule has 0 unspecified atom stereocenters. The van der Waals surface area contributed by atoms with Gasteiger partial charge >= 0.3 is 0 Å². The zero-order valence-electron chi connectivity index (χ0n) is 15.6. The fourth-order valence-corrected chi connectivity index (χ4v) is 3.29. The van der Waals surface area contributed by atoms with Gasteiger partial charge in [-0.3, -0.25) is 4.99 Å². The first-order valence-corrected chi connectivity index (χ1v) is 9.49. The maximum Gasteiger partial charge on any atom is 0.193 e. The predicted octanol–water partition coefficient (Wildman–Crippen LogP) is 4.35. The van der Waals surface area contributed by atoms with Gasteiger partial charge in [0.15, 0.2) is 5.96 Å². The van der Waals surface area contributed by atoms with Gasteiger partial charge in [-0.15, -0.1) is 24.0 Å². The van der Waals surface area contributed by atoms with E-state index in [1.165, 1.54) is 6.07 Å². The molecule has 0 bridgehead atoms. The van der Waals surface area contributed by atoms with Crippen molar-refractivity contribution in [3.05, 3.63) is 34.6 Å². The van der Waals surface area contributed by atoms with Gasteiger partial charge < -0.3 is 15.0 Å². The van der Waals surface area contributed by atoms with Crippen LogP contribution in [0.1, 0.15) is 31.7 Å². The maximum atomic E-state index is 13.8. The molecule has 0 radical (unpaired) electrons. The van der Waals surface area contributed by atoms with Crippen LogP contribution in [-0.4, -0.2) is 50.8 Å². The largest absolute Gasteiger partial charge is 0.381 e. The molecule has 26 heavy (non-hydrogen) atoms. The third-order valence-electron chi connectivity index (χ3n) is 4.60. The van der Waals surface area contributed by atoms with Crippen LogP contribution in [0.5, 0.6) is 0 Å². The average molecular weight is 498 g/mol. The topological polar surface area (TPSA) is 36.9 Å². The fourth-order valence-electron chi connectivity index (χ4n) is 3.03. The molecule has 0 aliphatic carbocycles. The third-order valence-corrected chi connectivity index (χ3v) is 4.95. The molecule has 1 aliphatic rings. The lowest BCUT2D eigenvalue weighted by Crippen LogP contribution is -2.40. The Labute approximate surface area is 178 Å². The molecule has 1 aromatic carbocycles. The SMILES string of the molecule is CCNC(=NCCc1c(F)cccc1Cl)N(C)CCC1CCOCC1.I. The molecular weight excluding hydrogens is 468 g/mol. The second-order valence-electron chi connectivity index (χ2n) is 6.45. The van der Waals surface area contributed by atoms with Crippen LogP contribution >= 0.6 is 35.6 Å². The number of aliphatic imine (C=N–C) groups is 1. The van der Waals surface area contributed by atoms with E-state index in [1.54, 1.807) is 12.1 Å². The molecule has 1 heterocycles. The quantitative estimate of drug-likeness (QED) is 0.346. The summed E-state index contributed by atoms with van der Waals surface area (Å²) in [4.78, 5) is 6.79. The number of hydrogen-bond acceptors (Lipinski definition) is 2. The summed E-state index contributed by atoms with van der Waals surface area (Å²) in [6.45, 7) is 6.08. The van der Waals surface area contributed by atoms with E-state index in [0.29, 0.717) is 23.6 Å². The molecule has 1 fully saturated rings. The summed E-state index contributed by atoms with van der Waals surface area (Å²) in [5.41, 5.74) is 0.536. The monoisotopic (exact) mass is 497 g/mol. The molecule has 4 nitrogen and oxygen atoms in total.